The molecule has 2 aromatic carbocycles. The third-order valence-corrected chi connectivity index (χ3v) is 5.30. The van der Waals surface area contributed by atoms with E-state index in [9.17, 15) is 18.0 Å². The number of carbonyl (C=O) groups is 1. The van der Waals surface area contributed by atoms with Gasteiger partial charge >= 0.3 is 6.18 Å². The minimum atomic E-state index is -4.51. The Labute approximate surface area is 177 Å². The standard InChI is InChI=1S/C22H21F3N4O2/c1-31-16-9-7-15(8-10-16)18-11-19(22(23,24)25)29-20(28-18)17(13-27-29)21(30)26-12-14-5-3-2-4-6-14/h2-10,13,18-19,28H,11-12H2,1H3,(H,26,30)/t18-,19-/m1/s1. The summed E-state index contributed by atoms with van der Waals surface area (Å²) in [5.41, 5.74) is 1.62. The molecule has 162 valence electrons. The SMILES string of the molecule is COc1ccc([C@H]2C[C@H](C(F)(F)F)n3ncc(C(=O)NCc4ccccc4)c3N2)cc1. The van der Waals surface area contributed by atoms with Crippen LogP contribution in [0.3, 0.4) is 0 Å². The molecule has 9 heteroatoms. The van der Waals surface area contributed by atoms with E-state index >= 15 is 0 Å². The zero-order valence-electron chi connectivity index (χ0n) is 16.7. The molecule has 0 bridgehead atoms. The summed E-state index contributed by atoms with van der Waals surface area (Å²) in [4.78, 5) is 12.7. The fourth-order valence-corrected chi connectivity index (χ4v) is 3.66. The average molecular weight is 430 g/mol. The average Bonchev–Trinajstić information content (AvgIpc) is 3.21. The number of anilines is 1. The molecule has 1 amide bonds. The fourth-order valence-electron chi connectivity index (χ4n) is 3.66. The number of nitrogens with zero attached hydrogens (tertiary/aromatic N) is 2. The van der Waals surface area contributed by atoms with E-state index in [2.05, 4.69) is 15.7 Å². The summed E-state index contributed by atoms with van der Waals surface area (Å²) >= 11 is 0. The number of amides is 1. The largest absolute Gasteiger partial charge is 0.497 e. The highest BCUT2D eigenvalue weighted by Gasteiger charge is 2.47. The van der Waals surface area contributed by atoms with Gasteiger partial charge in [-0.3, -0.25) is 4.79 Å². The highest BCUT2D eigenvalue weighted by atomic mass is 19.4. The third-order valence-electron chi connectivity index (χ3n) is 5.30. The van der Waals surface area contributed by atoms with Crippen LogP contribution in [0.25, 0.3) is 0 Å². The Balaban J connectivity index is 1.61. The molecule has 1 aromatic heterocycles. The quantitative estimate of drug-likeness (QED) is 0.626. The predicted octanol–water partition coefficient (Wildman–Crippen LogP) is 4.48. The van der Waals surface area contributed by atoms with Gasteiger partial charge in [0.2, 0.25) is 0 Å². The molecule has 0 saturated carbocycles. The van der Waals surface area contributed by atoms with Gasteiger partial charge in [0.15, 0.2) is 6.04 Å². The molecule has 0 aliphatic carbocycles. The maximum absolute atomic E-state index is 13.8. The van der Waals surface area contributed by atoms with E-state index in [4.69, 9.17) is 4.74 Å². The lowest BCUT2D eigenvalue weighted by molar-refractivity contribution is -0.173. The molecule has 2 N–H and O–H groups in total. The van der Waals surface area contributed by atoms with E-state index < -0.39 is 24.2 Å². The molecular weight excluding hydrogens is 409 g/mol. The molecule has 6 nitrogen and oxygen atoms in total. The molecule has 0 fully saturated rings. The number of halogens is 3. The summed E-state index contributed by atoms with van der Waals surface area (Å²) in [7, 11) is 1.52. The zero-order chi connectivity index (χ0) is 22.0. The molecule has 2 atom stereocenters. The zero-order valence-corrected chi connectivity index (χ0v) is 16.7. The van der Waals surface area contributed by atoms with Crippen LogP contribution in [-0.2, 0) is 6.54 Å². The van der Waals surface area contributed by atoms with Crippen molar-refractivity contribution >= 4 is 11.7 Å². The van der Waals surface area contributed by atoms with Crippen LogP contribution in [0.15, 0.2) is 60.8 Å². The number of aromatic nitrogens is 2. The van der Waals surface area contributed by atoms with Crippen LogP contribution in [0, 0.1) is 0 Å². The number of ether oxygens (including phenoxy) is 1. The maximum atomic E-state index is 13.8. The van der Waals surface area contributed by atoms with Crippen molar-refractivity contribution in [2.75, 3.05) is 12.4 Å². The molecule has 3 aromatic rings. The number of hydrogen-bond acceptors (Lipinski definition) is 4. The van der Waals surface area contributed by atoms with Gasteiger partial charge in [0.25, 0.3) is 5.91 Å². The Kier molecular flexibility index (Phi) is 5.58. The normalized spacial score (nSPS) is 18.1. The van der Waals surface area contributed by atoms with E-state index in [1.165, 1.54) is 13.3 Å². The molecule has 1 aliphatic rings. The first kappa shape index (κ1) is 20.8. The van der Waals surface area contributed by atoms with Gasteiger partial charge < -0.3 is 15.4 Å². The van der Waals surface area contributed by atoms with Crippen LogP contribution in [0.5, 0.6) is 5.75 Å². The van der Waals surface area contributed by atoms with Crippen LogP contribution in [0.2, 0.25) is 0 Å². The second-order valence-electron chi connectivity index (χ2n) is 7.28. The number of rotatable bonds is 5. The van der Waals surface area contributed by atoms with E-state index in [0.29, 0.717) is 11.3 Å². The molecule has 31 heavy (non-hydrogen) atoms. The molecule has 2 heterocycles. The topological polar surface area (TPSA) is 68.2 Å². The lowest BCUT2D eigenvalue weighted by Crippen LogP contribution is -2.36. The first-order chi connectivity index (χ1) is 14.9. The molecule has 1 aliphatic heterocycles. The lowest BCUT2D eigenvalue weighted by Gasteiger charge is -2.34. The van der Waals surface area contributed by atoms with Crippen molar-refractivity contribution in [1.82, 2.24) is 15.1 Å². The van der Waals surface area contributed by atoms with Crippen molar-refractivity contribution in [3.05, 3.63) is 77.5 Å². The Hall–Kier alpha value is -3.49. The Morgan fingerprint density at radius 3 is 2.55 bits per heavy atom. The minimum Gasteiger partial charge on any atom is -0.497 e. The van der Waals surface area contributed by atoms with Gasteiger partial charge in [-0.05, 0) is 23.3 Å². The first-order valence-corrected chi connectivity index (χ1v) is 9.73. The smallest absolute Gasteiger partial charge is 0.410 e. The van der Waals surface area contributed by atoms with Crippen LogP contribution < -0.4 is 15.4 Å². The second kappa shape index (κ2) is 8.33. The Bertz CT molecular complexity index is 1050. The summed E-state index contributed by atoms with van der Waals surface area (Å²) in [5, 5.41) is 9.71. The van der Waals surface area contributed by atoms with Gasteiger partial charge in [0, 0.05) is 13.0 Å². The monoisotopic (exact) mass is 430 g/mol. The van der Waals surface area contributed by atoms with Gasteiger partial charge in [-0.2, -0.15) is 18.3 Å². The van der Waals surface area contributed by atoms with Crippen molar-refractivity contribution in [2.24, 2.45) is 0 Å². The number of alkyl halides is 3. The predicted molar refractivity (Wildman–Crippen MR) is 109 cm³/mol. The lowest BCUT2D eigenvalue weighted by atomic mass is 9.96. The summed E-state index contributed by atoms with van der Waals surface area (Å²) in [5.74, 6) is 0.173. The van der Waals surface area contributed by atoms with Gasteiger partial charge in [0.1, 0.15) is 17.1 Å². The molecule has 0 radical (unpaired) electrons. The Morgan fingerprint density at radius 1 is 1.19 bits per heavy atom. The van der Waals surface area contributed by atoms with E-state index in [1.54, 1.807) is 24.3 Å². The second-order valence-corrected chi connectivity index (χ2v) is 7.28. The van der Waals surface area contributed by atoms with Crippen molar-refractivity contribution in [2.45, 2.75) is 31.2 Å². The van der Waals surface area contributed by atoms with Gasteiger partial charge in [-0.1, -0.05) is 42.5 Å². The molecule has 0 saturated heterocycles. The van der Waals surface area contributed by atoms with Crippen LogP contribution in [0.4, 0.5) is 19.0 Å². The molecule has 4 rings (SSSR count). The highest BCUT2D eigenvalue weighted by molar-refractivity contribution is 5.98. The highest BCUT2D eigenvalue weighted by Crippen LogP contribution is 2.44. The van der Waals surface area contributed by atoms with Crippen molar-refractivity contribution in [3.63, 3.8) is 0 Å². The number of carbonyl (C=O) groups excluding carboxylic acids is 1. The molecule has 0 unspecified atom stereocenters. The molecular formula is C22H21F3N4O2. The van der Waals surface area contributed by atoms with E-state index in [1.807, 2.05) is 30.3 Å². The van der Waals surface area contributed by atoms with E-state index in [-0.39, 0.29) is 24.3 Å². The fraction of sp³-hybridized carbons (Fsp3) is 0.273. The number of hydrogen-bond donors (Lipinski definition) is 2. The third kappa shape index (κ3) is 4.35. The van der Waals surface area contributed by atoms with Crippen molar-refractivity contribution in [1.29, 1.82) is 0 Å². The first-order valence-electron chi connectivity index (χ1n) is 9.73. The van der Waals surface area contributed by atoms with Crippen LogP contribution >= 0.6 is 0 Å². The van der Waals surface area contributed by atoms with Gasteiger partial charge in [-0.15, -0.1) is 0 Å². The van der Waals surface area contributed by atoms with Gasteiger partial charge in [-0.25, -0.2) is 4.68 Å². The van der Waals surface area contributed by atoms with Crippen LogP contribution in [-0.4, -0.2) is 29.0 Å². The minimum absolute atomic E-state index is 0.0555. The summed E-state index contributed by atoms with van der Waals surface area (Å²) in [6.45, 7) is 0.259. The van der Waals surface area contributed by atoms with Crippen molar-refractivity contribution < 1.29 is 22.7 Å². The number of methoxy groups -OCH3 is 1. The summed E-state index contributed by atoms with van der Waals surface area (Å²) < 4.78 is 47.4. The van der Waals surface area contributed by atoms with Crippen molar-refractivity contribution in [3.8, 4) is 5.75 Å². The van der Waals surface area contributed by atoms with E-state index in [0.717, 1.165) is 10.2 Å². The molecule has 0 spiro atoms. The number of nitrogens with one attached hydrogen (secondary N) is 2. The number of fused-ring (bicyclic) bond motifs is 1. The summed E-state index contributed by atoms with van der Waals surface area (Å²) in [6.07, 6.45) is -3.57. The Morgan fingerprint density at radius 2 is 1.90 bits per heavy atom. The van der Waals surface area contributed by atoms with Crippen LogP contribution in [0.1, 0.15) is 40.0 Å². The number of benzene rings is 2. The van der Waals surface area contributed by atoms with Gasteiger partial charge in [0.05, 0.1) is 19.3 Å². The maximum Gasteiger partial charge on any atom is 0.410 e. The summed E-state index contributed by atoms with van der Waals surface area (Å²) in [6, 6.07) is 13.6.